The zero-order valence-corrected chi connectivity index (χ0v) is 12.3. The van der Waals surface area contributed by atoms with Crippen LogP contribution in [0.5, 0.6) is 0 Å². The van der Waals surface area contributed by atoms with E-state index in [4.69, 9.17) is 11.6 Å². The van der Waals surface area contributed by atoms with E-state index in [-0.39, 0.29) is 10.8 Å². The summed E-state index contributed by atoms with van der Waals surface area (Å²) in [5, 5.41) is 9.21. The fourth-order valence-corrected chi connectivity index (χ4v) is 4.33. The van der Waals surface area contributed by atoms with Crippen molar-refractivity contribution in [1.29, 1.82) is 0 Å². The SMILES string of the molecule is CCC(C)(CO)NS(=O)(=O)c1cc(C)c(Cl)s1. The highest BCUT2D eigenvalue weighted by molar-refractivity contribution is 7.91. The standard InChI is InChI=1S/C10H16ClNO3S2/c1-4-10(3,6-13)12-17(14,15)8-5-7(2)9(11)16-8/h5,12-13H,4,6H2,1-3H3. The number of hydrogen-bond donors (Lipinski definition) is 2. The summed E-state index contributed by atoms with van der Waals surface area (Å²) in [4.78, 5) is 0. The van der Waals surface area contributed by atoms with Crippen molar-refractivity contribution in [3.63, 3.8) is 0 Å². The fraction of sp³-hybridized carbons (Fsp3) is 0.600. The zero-order valence-electron chi connectivity index (χ0n) is 9.95. The Bertz CT molecular complexity index is 472. The number of sulfonamides is 1. The molecule has 2 N–H and O–H groups in total. The summed E-state index contributed by atoms with van der Waals surface area (Å²) in [5.74, 6) is 0. The molecule has 0 aliphatic rings. The third-order valence-corrected chi connectivity index (χ3v) is 6.28. The molecule has 1 atom stereocenters. The Morgan fingerprint density at radius 2 is 2.18 bits per heavy atom. The van der Waals surface area contributed by atoms with Crippen LogP contribution in [0.3, 0.4) is 0 Å². The van der Waals surface area contributed by atoms with Gasteiger partial charge in [0.05, 0.1) is 16.5 Å². The van der Waals surface area contributed by atoms with Crippen LogP contribution in [0.25, 0.3) is 0 Å². The van der Waals surface area contributed by atoms with Crippen molar-refractivity contribution in [3.05, 3.63) is 16.0 Å². The average Bonchev–Trinajstić information content (AvgIpc) is 2.59. The van der Waals surface area contributed by atoms with Crippen molar-refractivity contribution in [3.8, 4) is 0 Å². The second kappa shape index (κ2) is 5.24. The van der Waals surface area contributed by atoms with E-state index in [0.717, 1.165) is 16.9 Å². The van der Waals surface area contributed by atoms with Crippen LogP contribution < -0.4 is 4.72 Å². The molecule has 0 saturated heterocycles. The summed E-state index contributed by atoms with van der Waals surface area (Å²) in [6.07, 6.45) is 0.501. The quantitative estimate of drug-likeness (QED) is 0.875. The Balaban J connectivity index is 3.04. The molecular weight excluding hydrogens is 282 g/mol. The fourth-order valence-electron chi connectivity index (χ4n) is 1.16. The molecule has 0 spiro atoms. The van der Waals surface area contributed by atoms with E-state index in [1.165, 1.54) is 6.07 Å². The van der Waals surface area contributed by atoms with Gasteiger partial charge in [0.2, 0.25) is 0 Å². The molecule has 0 bridgehead atoms. The number of thiophene rings is 1. The minimum absolute atomic E-state index is 0.174. The number of hydrogen-bond acceptors (Lipinski definition) is 4. The van der Waals surface area contributed by atoms with Crippen molar-refractivity contribution in [1.82, 2.24) is 4.72 Å². The van der Waals surface area contributed by atoms with Gasteiger partial charge in [-0.3, -0.25) is 0 Å². The molecule has 1 unspecified atom stereocenters. The molecule has 98 valence electrons. The number of rotatable bonds is 5. The first-order valence-corrected chi connectivity index (χ1v) is 7.82. The Morgan fingerprint density at radius 1 is 1.59 bits per heavy atom. The number of aryl methyl sites for hydroxylation is 1. The monoisotopic (exact) mass is 297 g/mol. The van der Waals surface area contributed by atoms with Gasteiger partial charge in [-0.25, -0.2) is 13.1 Å². The van der Waals surface area contributed by atoms with E-state index in [9.17, 15) is 13.5 Å². The molecule has 1 rings (SSSR count). The van der Waals surface area contributed by atoms with E-state index in [1.807, 2.05) is 6.92 Å². The molecule has 1 heterocycles. The van der Waals surface area contributed by atoms with Crippen LogP contribution in [0.1, 0.15) is 25.8 Å². The molecule has 1 aromatic heterocycles. The maximum atomic E-state index is 12.1. The van der Waals surface area contributed by atoms with Crippen LogP contribution in [0.4, 0.5) is 0 Å². The average molecular weight is 298 g/mol. The van der Waals surface area contributed by atoms with Crippen LogP contribution in [0.2, 0.25) is 4.34 Å². The minimum Gasteiger partial charge on any atom is -0.394 e. The van der Waals surface area contributed by atoms with Gasteiger partial charge in [0, 0.05) is 0 Å². The second-order valence-electron chi connectivity index (χ2n) is 4.20. The summed E-state index contributed by atoms with van der Waals surface area (Å²) in [6.45, 7) is 4.97. The molecule has 1 aromatic rings. The van der Waals surface area contributed by atoms with Crippen molar-refractivity contribution >= 4 is 33.0 Å². The normalized spacial score (nSPS) is 15.8. The predicted octanol–water partition coefficient (Wildman–Crippen LogP) is 2.15. The minimum atomic E-state index is -3.62. The molecular formula is C10H16ClNO3S2. The Morgan fingerprint density at radius 3 is 2.53 bits per heavy atom. The van der Waals surface area contributed by atoms with Crippen LogP contribution in [0, 0.1) is 6.92 Å². The van der Waals surface area contributed by atoms with Crippen molar-refractivity contribution in [2.45, 2.75) is 36.9 Å². The number of aliphatic hydroxyl groups excluding tert-OH is 1. The third-order valence-electron chi connectivity index (χ3n) is 2.61. The maximum Gasteiger partial charge on any atom is 0.250 e. The van der Waals surface area contributed by atoms with E-state index in [2.05, 4.69) is 4.72 Å². The third kappa shape index (κ3) is 3.42. The van der Waals surface area contributed by atoms with E-state index in [0.29, 0.717) is 10.8 Å². The van der Waals surface area contributed by atoms with E-state index < -0.39 is 15.6 Å². The lowest BCUT2D eigenvalue weighted by atomic mass is 10.0. The van der Waals surface area contributed by atoms with Gasteiger partial charge < -0.3 is 5.11 Å². The smallest absolute Gasteiger partial charge is 0.250 e. The number of aliphatic hydroxyl groups is 1. The van der Waals surface area contributed by atoms with Crippen molar-refractivity contribution < 1.29 is 13.5 Å². The lowest BCUT2D eigenvalue weighted by Gasteiger charge is -2.26. The Kier molecular flexibility index (Phi) is 4.60. The first kappa shape index (κ1) is 14.9. The summed E-state index contributed by atoms with van der Waals surface area (Å²) >= 11 is 6.87. The van der Waals surface area contributed by atoms with Crippen LogP contribution in [-0.4, -0.2) is 25.7 Å². The topological polar surface area (TPSA) is 66.4 Å². The predicted molar refractivity (Wildman–Crippen MR) is 70.2 cm³/mol. The van der Waals surface area contributed by atoms with Crippen molar-refractivity contribution in [2.24, 2.45) is 0 Å². The molecule has 0 radical (unpaired) electrons. The summed E-state index contributed by atoms with van der Waals surface area (Å²) < 4.78 is 27.3. The molecule has 4 nitrogen and oxygen atoms in total. The molecule has 0 saturated carbocycles. The zero-order chi connectivity index (χ0) is 13.3. The first-order valence-electron chi connectivity index (χ1n) is 5.15. The Hall–Kier alpha value is -0.140. The van der Waals surface area contributed by atoms with Gasteiger partial charge in [0.15, 0.2) is 0 Å². The molecule has 0 amide bonds. The van der Waals surface area contributed by atoms with Crippen LogP contribution in [0.15, 0.2) is 10.3 Å². The Labute approximate surface area is 111 Å². The van der Waals surface area contributed by atoms with Gasteiger partial charge in [-0.05, 0) is 31.9 Å². The highest BCUT2D eigenvalue weighted by Crippen LogP contribution is 2.30. The van der Waals surface area contributed by atoms with Gasteiger partial charge in [-0.2, -0.15) is 0 Å². The molecule has 0 aliphatic heterocycles. The number of nitrogens with one attached hydrogen (secondary N) is 1. The van der Waals surface area contributed by atoms with E-state index >= 15 is 0 Å². The highest BCUT2D eigenvalue weighted by atomic mass is 35.5. The van der Waals surface area contributed by atoms with Gasteiger partial charge in [0.1, 0.15) is 4.21 Å². The largest absolute Gasteiger partial charge is 0.394 e. The lowest BCUT2D eigenvalue weighted by molar-refractivity contribution is 0.191. The van der Waals surface area contributed by atoms with Crippen LogP contribution >= 0.6 is 22.9 Å². The molecule has 0 fully saturated rings. The first-order chi connectivity index (χ1) is 7.74. The second-order valence-corrected chi connectivity index (χ2v) is 7.76. The van der Waals surface area contributed by atoms with Crippen LogP contribution in [-0.2, 0) is 10.0 Å². The highest BCUT2D eigenvalue weighted by Gasteiger charge is 2.29. The molecule has 0 aromatic carbocycles. The molecule has 7 heteroatoms. The van der Waals surface area contributed by atoms with E-state index in [1.54, 1.807) is 13.8 Å². The summed E-state index contributed by atoms with van der Waals surface area (Å²) in [5.41, 5.74) is -0.109. The lowest BCUT2D eigenvalue weighted by Crippen LogP contribution is -2.48. The van der Waals surface area contributed by atoms with Gasteiger partial charge >= 0.3 is 0 Å². The number of halogens is 1. The van der Waals surface area contributed by atoms with Crippen molar-refractivity contribution in [2.75, 3.05) is 6.61 Å². The molecule has 17 heavy (non-hydrogen) atoms. The van der Waals surface area contributed by atoms with Gasteiger partial charge in [-0.1, -0.05) is 18.5 Å². The maximum absolute atomic E-state index is 12.1. The van der Waals surface area contributed by atoms with Gasteiger partial charge in [-0.15, -0.1) is 11.3 Å². The summed E-state index contributed by atoms with van der Waals surface area (Å²) in [7, 11) is -3.62. The molecule has 0 aliphatic carbocycles. The van der Waals surface area contributed by atoms with Gasteiger partial charge in [0.25, 0.3) is 10.0 Å². The summed E-state index contributed by atoms with van der Waals surface area (Å²) in [6, 6.07) is 1.53.